The van der Waals surface area contributed by atoms with Gasteiger partial charge in [-0.1, -0.05) is 5.16 Å². The lowest BCUT2D eigenvalue weighted by Crippen LogP contribution is -2.36. The third-order valence-corrected chi connectivity index (χ3v) is 3.47. The Kier molecular flexibility index (Phi) is 4.05. The van der Waals surface area contributed by atoms with Crippen LogP contribution in [0.2, 0.25) is 0 Å². The van der Waals surface area contributed by atoms with Crippen LogP contribution in [0.4, 0.5) is 23.8 Å². The number of rotatable bonds is 4. The molecule has 1 aromatic rings. The van der Waals surface area contributed by atoms with Crippen molar-refractivity contribution in [3.8, 4) is 0 Å². The van der Waals surface area contributed by atoms with Crippen LogP contribution in [0, 0.1) is 0 Å². The maximum absolute atomic E-state index is 12.4. The van der Waals surface area contributed by atoms with Gasteiger partial charge < -0.3 is 10.2 Å². The first-order valence-corrected chi connectivity index (χ1v) is 7.10. The third kappa shape index (κ3) is 4.08. The Hall–Kier alpha value is -2.39. The van der Waals surface area contributed by atoms with Crippen molar-refractivity contribution >= 4 is 17.6 Å². The largest absolute Gasteiger partial charge is 0.432 e. The summed E-state index contributed by atoms with van der Waals surface area (Å²) in [6.07, 6.45) is -3.52. The molecule has 0 radical (unpaired) electrons. The number of amides is 2. The molecule has 23 heavy (non-hydrogen) atoms. The van der Waals surface area contributed by atoms with Crippen LogP contribution >= 0.6 is 0 Å². The molecule has 2 amide bonds. The number of urea groups is 1. The summed E-state index contributed by atoms with van der Waals surface area (Å²) < 4.78 is 37.2. The fourth-order valence-electron chi connectivity index (χ4n) is 2.08. The molecule has 1 fully saturated rings. The summed E-state index contributed by atoms with van der Waals surface area (Å²) in [4.78, 5) is 16.3. The summed E-state index contributed by atoms with van der Waals surface area (Å²) in [6.45, 7) is -0.0947. The lowest BCUT2D eigenvalue weighted by Gasteiger charge is -2.10. The van der Waals surface area contributed by atoms with Crippen molar-refractivity contribution < 1.29 is 22.8 Å². The van der Waals surface area contributed by atoms with Crippen molar-refractivity contribution in [3.05, 3.63) is 17.8 Å². The molecule has 0 spiro atoms. The maximum Gasteiger partial charge on any atom is 0.432 e. The third-order valence-electron chi connectivity index (χ3n) is 3.47. The van der Waals surface area contributed by atoms with Gasteiger partial charge in [-0.2, -0.15) is 18.3 Å². The van der Waals surface area contributed by atoms with Gasteiger partial charge in [0.25, 0.3) is 0 Å². The van der Waals surface area contributed by atoms with E-state index in [1.807, 2.05) is 0 Å². The number of alkyl halides is 3. The smallest absolute Gasteiger partial charge is 0.390 e. The topological polar surface area (TPSA) is 88.5 Å². The van der Waals surface area contributed by atoms with Gasteiger partial charge >= 0.3 is 12.2 Å². The molecule has 2 N–H and O–H groups in total. The maximum atomic E-state index is 12.4. The number of carbonyl (C=O) groups is 1. The Morgan fingerprint density at radius 1 is 1.30 bits per heavy atom. The number of aromatic nitrogens is 2. The second kappa shape index (κ2) is 6.01. The van der Waals surface area contributed by atoms with Crippen LogP contribution in [-0.2, 0) is 4.84 Å². The number of hydrogen-bond donors (Lipinski definition) is 2. The van der Waals surface area contributed by atoms with Gasteiger partial charge in [-0.25, -0.2) is 4.79 Å². The van der Waals surface area contributed by atoms with Gasteiger partial charge in [-0.15, -0.1) is 5.10 Å². The zero-order chi connectivity index (χ0) is 16.4. The summed E-state index contributed by atoms with van der Waals surface area (Å²) in [5, 5.41) is 15.7. The van der Waals surface area contributed by atoms with E-state index in [4.69, 9.17) is 0 Å². The van der Waals surface area contributed by atoms with E-state index in [-0.39, 0.29) is 18.8 Å². The fourth-order valence-corrected chi connectivity index (χ4v) is 2.08. The highest BCUT2D eigenvalue weighted by Crippen LogP contribution is 2.38. The van der Waals surface area contributed by atoms with Crippen molar-refractivity contribution in [3.63, 3.8) is 0 Å². The Bertz CT molecular complexity index is 613. The van der Waals surface area contributed by atoms with E-state index < -0.39 is 24.0 Å². The number of anilines is 1. The molecule has 1 unspecified atom stereocenters. The molecule has 0 aromatic carbocycles. The second-order valence-electron chi connectivity index (χ2n) is 5.42. The van der Waals surface area contributed by atoms with Crippen LogP contribution in [-0.4, -0.2) is 40.8 Å². The minimum atomic E-state index is -4.50. The molecule has 1 saturated carbocycles. The van der Waals surface area contributed by atoms with Crippen molar-refractivity contribution in [1.29, 1.82) is 0 Å². The van der Waals surface area contributed by atoms with Crippen LogP contribution in [0.1, 0.15) is 30.9 Å². The summed E-state index contributed by atoms with van der Waals surface area (Å²) in [5.41, 5.74) is -0.0848. The molecule has 1 aromatic heterocycles. The number of halogens is 3. The molecule has 2 aliphatic rings. The van der Waals surface area contributed by atoms with Crippen LogP contribution < -0.4 is 10.6 Å². The normalized spacial score (nSPS) is 20.7. The molecular formula is C13H14F3N5O2. The van der Waals surface area contributed by atoms with Gasteiger partial charge in [-0.05, 0) is 25.0 Å². The summed E-state index contributed by atoms with van der Waals surface area (Å²) in [6, 6.07) is 2.84. The Morgan fingerprint density at radius 3 is 2.65 bits per heavy atom. The molecule has 1 atom stereocenters. The lowest BCUT2D eigenvalue weighted by molar-refractivity contribution is -0.0604. The number of nitrogens with one attached hydrogen (secondary N) is 2. The van der Waals surface area contributed by atoms with E-state index >= 15 is 0 Å². The zero-order valence-electron chi connectivity index (χ0n) is 11.9. The predicted octanol–water partition coefficient (Wildman–Crippen LogP) is 2.18. The van der Waals surface area contributed by atoms with E-state index in [2.05, 4.69) is 30.8 Å². The number of carbonyl (C=O) groups excluding carboxylic acids is 1. The van der Waals surface area contributed by atoms with Crippen molar-refractivity contribution in [2.75, 3.05) is 11.9 Å². The molecule has 1 aliphatic carbocycles. The molecule has 3 rings (SSSR count). The molecular weight excluding hydrogens is 315 g/mol. The molecule has 0 saturated heterocycles. The number of nitrogens with zero attached hydrogens (tertiary/aromatic N) is 3. The van der Waals surface area contributed by atoms with Gasteiger partial charge in [0.1, 0.15) is 0 Å². The fraction of sp³-hybridized carbons (Fsp3) is 0.538. The summed E-state index contributed by atoms with van der Waals surface area (Å²) in [5.74, 6) is 0.735. The molecule has 10 heteroatoms. The van der Waals surface area contributed by atoms with Gasteiger partial charge in [0.05, 0.1) is 12.2 Å². The van der Waals surface area contributed by atoms with Gasteiger partial charge in [0, 0.05) is 12.3 Å². The van der Waals surface area contributed by atoms with Crippen LogP contribution in [0.5, 0.6) is 0 Å². The van der Waals surface area contributed by atoms with Gasteiger partial charge in [0.15, 0.2) is 17.6 Å². The summed E-state index contributed by atoms with van der Waals surface area (Å²) in [7, 11) is 0. The van der Waals surface area contributed by atoms with E-state index in [0.29, 0.717) is 5.92 Å². The first kappa shape index (κ1) is 15.5. The molecule has 0 bridgehead atoms. The van der Waals surface area contributed by atoms with Gasteiger partial charge in [-0.3, -0.25) is 5.32 Å². The monoisotopic (exact) mass is 329 g/mol. The minimum absolute atomic E-state index is 0.0947. The highest BCUT2D eigenvalue weighted by molar-refractivity contribution is 5.91. The Morgan fingerprint density at radius 2 is 2.09 bits per heavy atom. The Balaban J connectivity index is 1.42. The summed E-state index contributed by atoms with van der Waals surface area (Å²) >= 11 is 0. The first-order chi connectivity index (χ1) is 10.9. The standard InChI is InChI=1S/C13H14F3N5O2/c14-13(15,16)10-5-8(23-21-10)6-17-12(22)18-11-4-3-9(19-20-11)7-1-2-7/h3-4,7-8H,1-2,5-6H2,(H2,17,18,20,22). The van der Waals surface area contributed by atoms with Crippen molar-refractivity contribution in [2.45, 2.75) is 37.5 Å². The quantitative estimate of drug-likeness (QED) is 0.886. The Labute approximate surface area is 129 Å². The predicted molar refractivity (Wildman–Crippen MR) is 74.0 cm³/mol. The first-order valence-electron chi connectivity index (χ1n) is 7.10. The van der Waals surface area contributed by atoms with Crippen LogP contribution in [0.3, 0.4) is 0 Å². The van der Waals surface area contributed by atoms with Crippen LogP contribution in [0.15, 0.2) is 17.3 Å². The molecule has 7 nitrogen and oxygen atoms in total. The SMILES string of the molecule is O=C(NCC1CC(C(F)(F)F)=NO1)Nc1ccc(C2CC2)nn1. The van der Waals surface area contributed by atoms with Crippen molar-refractivity contribution in [1.82, 2.24) is 15.5 Å². The van der Waals surface area contributed by atoms with E-state index in [9.17, 15) is 18.0 Å². The average Bonchev–Trinajstić information content (AvgIpc) is 3.22. The van der Waals surface area contributed by atoms with E-state index in [1.165, 1.54) is 0 Å². The second-order valence-corrected chi connectivity index (χ2v) is 5.42. The minimum Gasteiger partial charge on any atom is -0.390 e. The highest BCUT2D eigenvalue weighted by Gasteiger charge is 2.41. The number of hydrogen-bond acceptors (Lipinski definition) is 5. The molecule has 124 valence electrons. The van der Waals surface area contributed by atoms with E-state index in [1.54, 1.807) is 12.1 Å². The number of oxime groups is 1. The highest BCUT2D eigenvalue weighted by atomic mass is 19.4. The molecule has 1 aliphatic heterocycles. The van der Waals surface area contributed by atoms with E-state index in [0.717, 1.165) is 18.5 Å². The zero-order valence-corrected chi connectivity index (χ0v) is 11.9. The van der Waals surface area contributed by atoms with Crippen LogP contribution in [0.25, 0.3) is 0 Å². The average molecular weight is 329 g/mol. The van der Waals surface area contributed by atoms with Crippen molar-refractivity contribution in [2.24, 2.45) is 5.16 Å². The van der Waals surface area contributed by atoms with Gasteiger partial charge in [0.2, 0.25) is 0 Å². The molecule has 2 heterocycles. The lowest BCUT2D eigenvalue weighted by atomic mass is 10.2.